The van der Waals surface area contributed by atoms with Crippen LogP contribution in [0.2, 0.25) is 0 Å². The minimum atomic E-state index is -0.104. The number of carbonyl (C=O) groups is 1. The molecule has 0 amide bonds. The number of carbonyl (C=O) groups excluding carboxylic acids is 1. The Morgan fingerprint density at radius 3 is 2.54 bits per heavy atom. The standard InChI is InChI=1S/C20H20BrNO2/c1-12-8-15(21)9-13(2)18(12)19-17(24-3)11-14(20(19)23)10-16-6-4-5-7-22-16/h4-9,14H,10-11H2,1-3H3. The molecule has 3 nitrogen and oxygen atoms in total. The van der Waals surface area contributed by atoms with Gasteiger partial charge in [-0.25, -0.2) is 0 Å². The molecule has 0 bridgehead atoms. The minimum absolute atomic E-state index is 0.104. The Balaban J connectivity index is 1.97. The number of ether oxygens (including phenoxy) is 1. The maximum absolute atomic E-state index is 13.1. The fraction of sp³-hybridized carbons (Fsp3) is 0.300. The number of pyridine rings is 1. The molecule has 1 aliphatic rings. The van der Waals surface area contributed by atoms with Crippen molar-refractivity contribution in [2.24, 2.45) is 5.92 Å². The van der Waals surface area contributed by atoms with Crippen LogP contribution in [0.25, 0.3) is 5.57 Å². The lowest BCUT2D eigenvalue weighted by Crippen LogP contribution is -2.14. The van der Waals surface area contributed by atoms with E-state index in [-0.39, 0.29) is 11.7 Å². The average Bonchev–Trinajstić information content (AvgIpc) is 2.84. The number of hydrogen-bond acceptors (Lipinski definition) is 3. The molecule has 1 unspecified atom stereocenters. The van der Waals surface area contributed by atoms with Gasteiger partial charge in [0.25, 0.3) is 0 Å². The highest BCUT2D eigenvalue weighted by molar-refractivity contribution is 9.10. The van der Waals surface area contributed by atoms with Crippen LogP contribution in [0, 0.1) is 19.8 Å². The summed E-state index contributed by atoms with van der Waals surface area (Å²) < 4.78 is 6.61. The summed E-state index contributed by atoms with van der Waals surface area (Å²) in [6, 6.07) is 9.90. The van der Waals surface area contributed by atoms with Gasteiger partial charge < -0.3 is 4.74 Å². The Morgan fingerprint density at radius 1 is 1.25 bits per heavy atom. The highest BCUT2D eigenvalue weighted by Gasteiger charge is 2.36. The lowest BCUT2D eigenvalue weighted by Gasteiger charge is -2.13. The summed E-state index contributed by atoms with van der Waals surface area (Å²) >= 11 is 3.52. The van der Waals surface area contributed by atoms with Crippen LogP contribution in [0.3, 0.4) is 0 Å². The number of rotatable bonds is 4. The molecule has 1 aliphatic carbocycles. The molecule has 1 heterocycles. The molecule has 4 heteroatoms. The van der Waals surface area contributed by atoms with Crippen molar-refractivity contribution in [3.05, 3.63) is 69.1 Å². The smallest absolute Gasteiger partial charge is 0.170 e. The molecule has 0 aliphatic heterocycles. The maximum atomic E-state index is 13.1. The topological polar surface area (TPSA) is 39.2 Å². The summed E-state index contributed by atoms with van der Waals surface area (Å²) in [5, 5.41) is 0. The van der Waals surface area contributed by atoms with Gasteiger partial charge in [-0.15, -0.1) is 0 Å². The number of ketones is 1. The SMILES string of the molecule is COC1=C(c2c(C)cc(Br)cc2C)C(=O)C(Cc2ccccn2)C1. The van der Waals surface area contributed by atoms with Crippen LogP contribution in [-0.2, 0) is 16.0 Å². The van der Waals surface area contributed by atoms with E-state index in [9.17, 15) is 4.79 Å². The number of aryl methyl sites for hydroxylation is 2. The largest absolute Gasteiger partial charge is 0.500 e. The summed E-state index contributed by atoms with van der Waals surface area (Å²) in [5.41, 5.74) is 4.85. The van der Waals surface area contributed by atoms with Gasteiger partial charge in [0.1, 0.15) is 5.76 Å². The molecule has 3 rings (SSSR count). The Labute approximate surface area is 150 Å². The first-order valence-electron chi connectivity index (χ1n) is 7.99. The van der Waals surface area contributed by atoms with Crippen LogP contribution in [0.1, 0.15) is 28.8 Å². The Kier molecular flexibility index (Phi) is 4.86. The second-order valence-electron chi connectivity index (χ2n) is 6.21. The quantitative estimate of drug-likeness (QED) is 0.768. The van der Waals surface area contributed by atoms with Gasteiger partial charge >= 0.3 is 0 Å². The van der Waals surface area contributed by atoms with Crippen molar-refractivity contribution in [1.82, 2.24) is 4.98 Å². The number of Topliss-reactive ketones (excluding diaryl/α,β-unsaturated/α-hetero) is 1. The predicted octanol–water partition coefficient (Wildman–Crippen LogP) is 4.65. The first-order valence-corrected chi connectivity index (χ1v) is 8.79. The van der Waals surface area contributed by atoms with Gasteiger partial charge in [0.2, 0.25) is 0 Å². The third-order valence-electron chi connectivity index (χ3n) is 4.50. The molecule has 0 saturated heterocycles. The van der Waals surface area contributed by atoms with Gasteiger partial charge in [-0.1, -0.05) is 22.0 Å². The molecule has 1 atom stereocenters. The minimum Gasteiger partial charge on any atom is -0.500 e. The zero-order valence-electron chi connectivity index (χ0n) is 14.1. The number of halogens is 1. The maximum Gasteiger partial charge on any atom is 0.170 e. The number of methoxy groups -OCH3 is 1. The highest BCUT2D eigenvalue weighted by Crippen LogP contribution is 2.39. The summed E-state index contributed by atoms with van der Waals surface area (Å²) in [6.45, 7) is 4.07. The zero-order valence-corrected chi connectivity index (χ0v) is 15.7. The fourth-order valence-corrected chi connectivity index (χ4v) is 4.14. The van der Waals surface area contributed by atoms with E-state index in [2.05, 4.69) is 20.9 Å². The third kappa shape index (κ3) is 3.16. The van der Waals surface area contributed by atoms with Crippen LogP contribution >= 0.6 is 15.9 Å². The molecule has 124 valence electrons. The monoisotopic (exact) mass is 385 g/mol. The highest BCUT2D eigenvalue weighted by atomic mass is 79.9. The molecule has 24 heavy (non-hydrogen) atoms. The summed E-state index contributed by atoms with van der Waals surface area (Å²) in [4.78, 5) is 17.4. The van der Waals surface area contributed by atoms with Crippen LogP contribution < -0.4 is 0 Å². The molecule has 0 spiro atoms. The van der Waals surface area contributed by atoms with Crippen LogP contribution in [0.4, 0.5) is 0 Å². The van der Waals surface area contributed by atoms with Gasteiger partial charge in [0.15, 0.2) is 5.78 Å². The summed E-state index contributed by atoms with van der Waals surface area (Å²) in [5.74, 6) is 0.841. The lowest BCUT2D eigenvalue weighted by atomic mass is 9.91. The van der Waals surface area contributed by atoms with Crippen LogP contribution in [0.15, 0.2) is 46.8 Å². The summed E-state index contributed by atoms with van der Waals surface area (Å²) in [6.07, 6.45) is 3.05. The number of nitrogens with zero attached hydrogens (tertiary/aromatic N) is 1. The number of benzene rings is 1. The Hall–Kier alpha value is -1.94. The van der Waals surface area contributed by atoms with Crippen molar-refractivity contribution in [3.8, 4) is 0 Å². The predicted molar refractivity (Wildman–Crippen MR) is 98.6 cm³/mol. The third-order valence-corrected chi connectivity index (χ3v) is 4.96. The molecule has 1 aromatic carbocycles. The number of aromatic nitrogens is 1. The van der Waals surface area contributed by atoms with Gasteiger partial charge in [-0.2, -0.15) is 0 Å². The van der Waals surface area contributed by atoms with Gasteiger partial charge in [-0.05, 0) is 54.8 Å². The molecule has 2 aromatic rings. The first kappa shape index (κ1) is 16.9. The van der Waals surface area contributed by atoms with Crippen molar-refractivity contribution in [2.45, 2.75) is 26.7 Å². The van der Waals surface area contributed by atoms with Crippen molar-refractivity contribution in [2.75, 3.05) is 7.11 Å². The molecule has 0 radical (unpaired) electrons. The van der Waals surface area contributed by atoms with Gasteiger partial charge in [-0.3, -0.25) is 9.78 Å². The van der Waals surface area contributed by atoms with E-state index in [1.54, 1.807) is 13.3 Å². The van der Waals surface area contributed by atoms with Crippen molar-refractivity contribution in [1.29, 1.82) is 0 Å². The number of allylic oxidation sites excluding steroid dienone is 2. The fourth-order valence-electron chi connectivity index (χ4n) is 3.45. The van der Waals surface area contributed by atoms with E-state index in [4.69, 9.17) is 4.74 Å². The Bertz CT molecular complexity index is 789. The van der Waals surface area contributed by atoms with Crippen molar-refractivity contribution >= 4 is 27.3 Å². The second kappa shape index (κ2) is 6.89. The molecule has 0 saturated carbocycles. The van der Waals surface area contributed by atoms with Gasteiger partial charge in [0.05, 0.1) is 12.7 Å². The van der Waals surface area contributed by atoms with E-state index in [1.807, 2.05) is 44.2 Å². The zero-order chi connectivity index (χ0) is 17.3. The van der Waals surface area contributed by atoms with Crippen LogP contribution in [0.5, 0.6) is 0 Å². The van der Waals surface area contributed by atoms with E-state index in [1.165, 1.54) is 0 Å². The van der Waals surface area contributed by atoms with E-state index in [0.29, 0.717) is 12.8 Å². The van der Waals surface area contributed by atoms with E-state index < -0.39 is 0 Å². The molecule has 0 fully saturated rings. The van der Waals surface area contributed by atoms with Crippen LogP contribution in [-0.4, -0.2) is 17.9 Å². The molecule has 1 aromatic heterocycles. The van der Waals surface area contributed by atoms with E-state index >= 15 is 0 Å². The average molecular weight is 386 g/mol. The molecular formula is C20H20BrNO2. The lowest BCUT2D eigenvalue weighted by molar-refractivity contribution is -0.116. The van der Waals surface area contributed by atoms with E-state index in [0.717, 1.165) is 38.2 Å². The normalized spacial score (nSPS) is 17.5. The van der Waals surface area contributed by atoms with Crippen molar-refractivity contribution < 1.29 is 9.53 Å². The van der Waals surface area contributed by atoms with Crippen molar-refractivity contribution in [3.63, 3.8) is 0 Å². The summed E-state index contributed by atoms with van der Waals surface area (Å²) in [7, 11) is 1.65. The second-order valence-corrected chi connectivity index (χ2v) is 7.12. The molecule has 0 N–H and O–H groups in total. The first-order chi connectivity index (χ1) is 11.5. The van der Waals surface area contributed by atoms with Gasteiger partial charge in [0, 0.05) is 35.1 Å². The molecular weight excluding hydrogens is 366 g/mol. The number of hydrogen-bond donors (Lipinski definition) is 0. The Morgan fingerprint density at radius 2 is 1.96 bits per heavy atom.